The van der Waals surface area contributed by atoms with Gasteiger partial charge in [0.2, 0.25) is 5.72 Å². The predicted octanol–water partition coefficient (Wildman–Crippen LogP) is 2.68. The molecule has 1 aromatic carbocycles. The van der Waals surface area contributed by atoms with Crippen LogP contribution in [0.4, 0.5) is 13.2 Å². The number of nitrogens with zero attached hydrogens (tertiary/aromatic N) is 1. The highest BCUT2D eigenvalue weighted by atomic mass is 19.4. The van der Waals surface area contributed by atoms with Gasteiger partial charge in [0.1, 0.15) is 5.92 Å². The van der Waals surface area contributed by atoms with Crippen LogP contribution < -0.4 is 5.32 Å². The molecule has 0 saturated carbocycles. The van der Waals surface area contributed by atoms with Gasteiger partial charge < -0.3 is 15.2 Å². The van der Waals surface area contributed by atoms with Gasteiger partial charge in [0.05, 0.1) is 18.2 Å². The minimum atomic E-state index is -5.23. The number of allylic oxidation sites excluding steroid dienone is 2. The van der Waals surface area contributed by atoms with Gasteiger partial charge in [-0.25, -0.2) is 0 Å². The summed E-state index contributed by atoms with van der Waals surface area (Å²) < 4.78 is 46.8. The lowest BCUT2D eigenvalue weighted by Crippen LogP contribution is -2.67. The van der Waals surface area contributed by atoms with Crippen LogP contribution in [0.3, 0.4) is 0 Å². The van der Waals surface area contributed by atoms with E-state index in [-0.39, 0.29) is 41.8 Å². The third kappa shape index (κ3) is 3.49. The largest absolute Gasteiger partial charge is 0.466 e. The zero-order valence-electron chi connectivity index (χ0n) is 15.5. The number of esters is 1. The van der Waals surface area contributed by atoms with Crippen LogP contribution in [-0.2, 0) is 14.3 Å². The minimum Gasteiger partial charge on any atom is -0.466 e. The highest BCUT2D eigenvalue weighted by Gasteiger charge is 2.67. The van der Waals surface area contributed by atoms with Crippen molar-refractivity contribution in [3.05, 3.63) is 46.7 Å². The molecule has 1 aliphatic heterocycles. The molecule has 0 spiro atoms. The maximum absolute atomic E-state index is 14.0. The Hall–Kier alpha value is -2.86. The molecule has 9 heteroatoms. The van der Waals surface area contributed by atoms with Crippen molar-refractivity contribution >= 4 is 11.8 Å². The molecule has 0 saturated heterocycles. The summed E-state index contributed by atoms with van der Waals surface area (Å²) >= 11 is 0. The van der Waals surface area contributed by atoms with Gasteiger partial charge in [-0.3, -0.25) is 9.59 Å². The van der Waals surface area contributed by atoms with Crippen molar-refractivity contribution in [2.45, 2.75) is 44.0 Å². The van der Waals surface area contributed by atoms with E-state index in [9.17, 15) is 33.1 Å². The number of alkyl halides is 3. The molecule has 0 aromatic heterocycles. The molecule has 1 aromatic rings. The van der Waals surface area contributed by atoms with Crippen molar-refractivity contribution in [3.8, 4) is 6.07 Å². The Morgan fingerprint density at radius 1 is 1.41 bits per heavy atom. The number of nitrogens with one attached hydrogen (secondary N) is 1. The molecular formula is C20H19F3N2O4. The van der Waals surface area contributed by atoms with Gasteiger partial charge >= 0.3 is 12.1 Å². The van der Waals surface area contributed by atoms with Crippen LogP contribution >= 0.6 is 0 Å². The maximum atomic E-state index is 14.0. The minimum absolute atomic E-state index is 0.0262. The zero-order valence-corrected chi connectivity index (χ0v) is 15.5. The van der Waals surface area contributed by atoms with Gasteiger partial charge in [0, 0.05) is 23.6 Å². The van der Waals surface area contributed by atoms with E-state index in [2.05, 4.69) is 0 Å². The number of nitriles is 1. The number of benzene rings is 1. The van der Waals surface area contributed by atoms with E-state index >= 15 is 0 Å². The molecule has 0 bridgehead atoms. The molecule has 3 atom stereocenters. The van der Waals surface area contributed by atoms with Crippen LogP contribution in [0.5, 0.6) is 0 Å². The molecule has 3 rings (SSSR count). The van der Waals surface area contributed by atoms with Crippen molar-refractivity contribution in [2.24, 2.45) is 5.92 Å². The number of rotatable bonds is 3. The summed E-state index contributed by atoms with van der Waals surface area (Å²) in [6.45, 7) is 1.23. The Kier molecular flexibility index (Phi) is 5.41. The molecule has 1 heterocycles. The summed E-state index contributed by atoms with van der Waals surface area (Å²) in [5, 5.41) is 21.9. The predicted molar refractivity (Wildman–Crippen MR) is 94.0 cm³/mol. The van der Waals surface area contributed by atoms with Gasteiger partial charge in [-0.1, -0.05) is 12.1 Å². The quantitative estimate of drug-likeness (QED) is 0.746. The number of ketones is 1. The Morgan fingerprint density at radius 2 is 2.14 bits per heavy atom. The van der Waals surface area contributed by atoms with E-state index in [0.29, 0.717) is 6.42 Å². The highest BCUT2D eigenvalue weighted by molar-refractivity contribution is 6.00. The lowest BCUT2D eigenvalue weighted by Gasteiger charge is -2.47. The fourth-order valence-corrected chi connectivity index (χ4v) is 4.02. The third-order valence-corrected chi connectivity index (χ3v) is 5.24. The molecule has 1 aliphatic carbocycles. The molecule has 6 nitrogen and oxygen atoms in total. The number of carbonyl (C=O) groups excluding carboxylic acids is 2. The molecule has 0 amide bonds. The number of carbonyl (C=O) groups is 2. The second kappa shape index (κ2) is 7.52. The molecule has 3 unspecified atom stereocenters. The average Bonchev–Trinajstić information content (AvgIpc) is 2.66. The maximum Gasteiger partial charge on any atom is 0.437 e. The topological polar surface area (TPSA) is 99.4 Å². The SMILES string of the molecule is CCOC(=O)C1C(c2cccc(C#N)c2)C2=C(CCCC2=O)NC1(O)C(F)(F)F. The van der Waals surface area contributed by atoms with Crippen molar-refractivity contribution in [1.29, 1.82) is 5.26 Å². The van der Waals surface area contributed by atoms with Gasteiger partial charge in [0.15, 0.2) is 5.78 Å². The van der Waals surface area contributed by atoms with Gasteiger partial charge in [-0.05, 0) is 37.5 Å². The third-order valence-electron chi connectivity index (χ3n) is 5.24. The molecule has 2 N–H and O–H groups in total. The van der Waals surface area contributed by atoms with E-state index in [0.717, 1.165) is 0 Å². The summed E-state index contributed by atoms with van der Waals surface area (Å²) in [4.78, 5) is 25.3. The Balaban J connectivity index is 2.30. The summed E-state index contributed by atoms with van der Waals surface area (Å²) in [7, 11) is 0. The molecule has 0 radical (unpaired) electrons. The number of hydrogen-bond acceptors (Lipinski definition) is 6. The highest BCUT2D eigenvalue weighted by Crippen LogP contribution is 2.51. The monoisotopic (exact) mass is 408 g/mol. The van der Waals surface area contributed by atoms with E-state index < -0.39 is 35.5 Å². The van der Waals surface area contributed by atoms with Crippen molar-refractivity contribution in [3.63, 3.8) is 0 Å². The first-order chi connectivity index (χ1) is 13.6. The number of halogens is 3. The summed E-state index contributed by atoms with van der Waals surface area (Å²) in [5.74, 6) is -5.24. The lowest BCUT2D eigenvalue weighted by atomic mass is 9.68. The second-order valence-electron chi connectivity index (χ2n) is 7.00. The van der Waals surface area contributed by atoms with Crippen LogP contribution in [0.2, 0.25) is 0 Å². The fourth-order valence-electron chi connectivity index (χ4n) is 4.02. The summed E-state index contributed by atoms with van der Waals surface area (Å²) in [6, 6.07) is 7.57. The first-order valence-corrected chi connectivity index (χ1v) is 9.14. The van der Waals surface area contributed by atoms with E-state index in [1.165, 1.54) is 31.2 Å². The lowest BCUT2D eigenvalue weighted by molar-refractivity contribution is -0.293. The number of Topliss-reactive ketones (excluding diaryl/α,β-unsaturated/α-hetero) is 1. The van der Waals surface area contributed by atoms with Gasteiger partial charge in [0.25, 0.3) is 0 Å². The Morgan fingerprint density at radius 3 is 2.76 bits per heavy atom. The fraction of sp³-hybridized carbons (Fsp3) is 0.450. The standard InChI is InChI=1S/C20H19F3N2O4/c1-2-29-18(27)17-15(12-6-3-5-11(9-12)10-24)16-13(7-4-8-14(16)26)25-19(17,28)20(21,22)23/h3,5-6,9,15,17,25,28H,2,4,7-8H2,1H3. The van der Waals surface area contributed by atoms with E-state index in [1.807, 2.05) is 11.4 Å². The molecule has 29 heavy (non-hydrogen) atoms. The summed E-state index contributed by atoms with van der Waals surface area (Å²) in [5.41, 5.74) is -3.31. The molecule has 154 valence electrons. The zero-order chi connectivity index (χ0) is 21.4. The molecule has 2 aliphatic rings. The van der Waals surface area contributed by atoms with Gasteiger partial charge in [-0.15, -0.1) is 0 Å². The first kappa shape index (κ1) is 20.9. The Bertz CT molecular complexity index is 919. The molecular weight excluding hydrogens is 389 g/mol. The number of ether oxygens (including phenoxy) is 1. The Labute approximate surface area is 165 Å². The van der Waals surface area contributed by atoms with Crippen LogP contribution in [0.25, 0.3) is 0 Å². The van der Waals surface area contributed by atoms with Crippen molar-refractivity contribution < 1.29 is 32.6 Å². The van der Waals surface area contributed by atoms with Crippen LogP contribution in [-0.4, -0.2) is 35.4 Å². The van der Waals surface area contributed by atoms with Crippen LogP contribution in [0, 0.1) is 17.2 Å². The van der Waals surface area contributed by atoms with Crippen LogP contribution in [0.1, 0.15) is 43.2 Å². The molecule has 0 fully saturated rings. The van der Waals surface area contributed by atoms with E-state index in [4.69, 9.17) is 4.74 Å². The average molecular weight is 408 g/mol. The summed E-state index contributed by atoms with van der Waals surface area (Å²) in [6.07, 6.45) is -4.65. The smallest absolute Gasteiger partial charge is 0.437 e. The van der Waals surface area contributed by atoms with Crippen LogP contribution in [0.15, 0.2) is 35.5 Å². The van der Waals surface area contributed by atoms with Gasteiger partial charge in [-0.2, -0.15) is 18.4 Å². The first-order valence-electron chi connectivity index (χ1n) is 9.14. The number of aliphatic hydroxyl groups is 1. The van der Waals surface area contributed by atoms with E-state index in [1.54, 1.807) is 0 Å². The van der Waals surface area contributed by atoms with Crippen molar-refractivity contribution in [2.75, 3.05) is 6.61 Å². The van der Waals surface area contributed by atoms with Crippen molar-refractivity contribution in [1.82, 2.24) is 5.32 Å². The normalized spacial score (nSPS) is 27.0. The number of hydrogen-bond donors (Lipinski definition) is 2. The second-order valence-corrected chi connectivity index (χ2v) is 7.00.